The number of nitrogens with zero attached hydrogens (tertiary/aromatic N) is 1. The summed E-state index contributed by atoms with van der Waals surface area (Å²) in [5.74, 6) is -0.124. The van der Waals surface area contributed by atoms with E-state index in [-0.39, 0.29) is 6.03 Å². The molecule has 0 aromatic heterocycles. The highest BCUT2D eigenvalue weighted by Crippen LogP contribution is 2.18. The van der Waals surface area contributed by atoms with Crippen LogP contribution in [0.1, 0.15) is 18.9 Å². The van der Waals surface area contributed by atoms with Crippen LogP contribution >= 0.6 is 11.8 Å². The van der Waals surface area contributed by atoms with Crippen molar-refractivity contribution < 1.29 is 14.7 Å². The molecule has 6 heteroatoms. The van der Waals surface area contributed by atoms with E-state index >= 15 is 0 Å². The van der Waals surface area contributed by atoms with Gasteiger partial charge in [0.05, 0.1) is 0 Å². The molecule has 2 N–H and O–H groups in total. The number of urea groups is 1. The maximum absolute atomic E-state index is 11.7. The highest BCUT2D eigenvalue weighted by molar-refractivity contribution is 7.99. The Kier molecular flexibility index (Phi) is 7.08. The standard InChI is InChI=1S/C15H22N2O3S/c1-11-5-7-13(8-6-11)21-10-4-9-17(3)15(20)16-12(2)14(18)19/h5-8,12H,4,9-10H2,1-3H3,(H,16,20)(H,18,19)/t12-/m0/s1. The summed E-state index contributed by atoms with van der Waals surface area (Å²) in [7, 11) is 1.67. The van der Waals surface area contributed by atoms with Crippen LogP contribution in [0.5, 0.6) is 0 Å². The second-order valence-corrected chi connectivity index (χ2v) is 6.11. The number of hydrogen-bond donors (Lipinski definition) is 2. The zero-order valence-electron chi connectivity index (χ0n) is 12.6. The minimum absolute atomic E-state index is 0.356. The number of carbonyl (C=O) groups excluding carboxylic acids is 1. The molecule has 0 radical (unpaired) electrons. The van der Waals surface area contributed by atoms with Gasteiger partial charge in [-0.15, -0.1) is 11.8 Å². The quantitative estimate of drug-likeness (QED) is 0.600. The topological polar surface area (TPSA) is 69.6 Å². The average Bonchev–Trinajstić information content (AvgIpc) is 2.44. The van der Waals surface area contributed by atoms with Crippen LogP contribution in [0.3, 0.4) is 0 Å². The maximum Gasteiger partial charge on any atom is 0.325 e. The monoisotopic (exact) mass is 310 g/mol. The van der Waals surface area contributed by atoms with E-state index in [1.807, 2.05) is 0 Å². The highest BCUT2D eigenvalue weighted by atomic mass is 32.2. The van der Waals surface area contributed by atoms with Gasteiger partial charge >= 0.3 is 12.0 Å². The van der Waals surface area contributed by atoms with Gasteiger partial charge in [-0.1, -0.05) is 17.7 Å². The molecule has 0 aliphatic heterocycles. The van der Waals surface area contributed by atoms with Gasteiger partial charge in [0.2, 0.25) is 0 Å². The molecule has 21 heavy (non-hydrogen) atoms. The predicted octanol–water partition coefficient (Wildman–Crippen LogP) is 2.59. The van der Waals surface area contributed by atoms with E-state index in [4.69, 9.17) is 5.11 Å². The Balaban J connectivity index is 2.23. The number of aliphatic carboxylic acids is 1. The van der Waals surface area contributed by atoms with Gasteiger partial charge in [0, 0.05) is 18.5 Å². The normalized spacial score (nSPS) is 11.8. The van der Waals surface area contributed by atoms with Crippen molar-refractivity contribution in [3.8, 4) is 0 Å². The number of amides is 2. The number of carbonyl (C=O) groups is 2. The number of nitrogens with one attached hydrogen (secondary N) is 1. The van der Waals surface area contributed by atoms with Gasteiger partial charge in [0.25, 0.3) is 0 Å². The second kappa shape index (κ2) is 8.56. The van der Waals surface area contributed by atoms with Gasteiger partial charge < -0.3 is 15.3 Å². The fraction of sp³-hybridized carbons (Fsp3) is 0.467. The van der Waals surface area contributed by atoms with Gasteiger partial charge in [0.15, 0.2) is 0 Å². The van der Waals surface area contributed by atoms with Crippen LogP contribution in [0.25, 0.3) is 0 Å². The zero-order valence-corrected chi connectivity index (χ0v) is 13.4. The van der Waals surface area contributed by atoms with Gasteiger partial charge in [0.1, 0.15) is 6.04 Å². The van der Waals surface area contributed by atoms with Crippen LogP contribution in [0, 0.1) is 6.92 Å². The van der Waals surface area contributed by atoms with Crippen LogP contribution in [0.15, 0.2) is 29.2 Å². The molecule has 0 aliphatic rings. The average molecular weight is 310 g/mol. The Morgan fingerprint density at radius 3 is 2.52 bits per heavy atom. The third kappa shape index (κ3) is 6.53. The van der Waals surface area contributed by atoms with Crippen molar-refractivity contribution in [1.82, 2.24) is 10.2 Å². The summed E-state index contributed by atoms with van der Waals surface area (Å²) in [5.41, 5.74) is 1.24. The molecule has 0 aliphatic carbocycles. The first-order chi connectivity index (χ1) is 9.90. The predicted molar refractivity (Wildman–Crippen MR) is 84.8 cm³/mol. The number of aryl methyl sites for hydroxylation is 1. The van der Waals surface area contributed by atoms with Crippen molar-refractivity contribution in [2.45, 2.75) is 31.2 Å². The SMILES string of the molecule is Cc1ccc(SCCCN(C)C(=O)N[C@@H](C)C(=O)O)cc1. The summed E-state index contributed by atoms with van der Waals surface area (Å²) in [6.07, 6.45) is 0.851. The van der Waals surface area contributed by atoms with Crippen LogP contribution < -0.4 is 5.32 Å². The molecule has 0 spiro atoms. The summed E-state index contributed by atoms with van der Waals surface area (Å²) in [5, 5.41) is 11.2. The summed E-state index contributed by atoms with van der Waals surface area (Å²) >= 11 is 1.75. The van der Waals surface area contributed by atoms with Crippen LogP contribution in [-0.4, -0.2) is 47.4 Å². The van der Waals surface area contributed by atoms with E-state index in [0.29, 0.717) is 6.54 Å². The summed E-state index contributed by atoms with van der Waals surface area (Å²) in [6.45, 7) is 4.10. The molecule has 1 aromatic rings. The minimum Gasteiger partial charge on any atom is -0.480 e. The van der Waals surface area contributed by atoms with Crippen LogP contribution in [-0.2, 0) is 4.79 Å². The van der Waals surface area contributed by atoms with E-state index in [9.17, 15) is 9.59 Å². The van der Waals surface area contributed by atoms with Crippen molar-refractivity contribution in [1.29, 1.82) is 0 Å². The number of carboxylic acid groups (broad SMARTS) is 1. The fourth-order valence-corrected chi connectivity index (χ4v) is 2.42. The van der Waals surface area contributed by atoms with Crippen molar-refractivity contribution >= 4 is 23.8 Å². The van der Waals surface area contributed by atoms with Gasteiger partial charge in [-0.05, 0) is 38.2 Å². The molecule has 1 aromatic carbocycles. The lowest BCUT2D eigenvalue weighted by Gasteiger charge is -2.19. The van der Waals surface area contributed by atoms with Crippen molar-refractivity contribution in [2.24, 2.45) is 0 Å². The lowest BCUT2D eigenvalue weighted by molar-refractivity contribution is -0.138. The maximum atomic E-state index is 11.7. The Morgan fingerprint density at radius 2 is 1.95 bits per heavy atom. The molecule has 116 valence electrons. The first-order valence-electron chi connectivity index (χ1n) is 6.84. The van der Waals surface area contributed by atoms with Crippen LogP contribution in [0.4, 0.5) is 4.79 Å². The Bertz CT molecular complexity index is 476. The molecule has 0 unspecified atom stereocenters. The zero-order chi connectivity index (χ0) is 15.8. The molecule has 5 nitrogen and oxygen atoms in total. The third-order valence-corrected chi connectivity index (χ3v) is 4.08. The van der Waals surface area contributed by atoms with Gasteiger partial charge in [-0.25, -0.2) is 4.79 Å². The summed E-state index contributed by atoms with van der Waals surface area (Å²) < 4.78 is 0. The molecular weight excluding hydrogens is 288 g/mol. The molecule has 1 rings (SSSR count). The smallest absolute Gasteiger partial charge is 0.325 e. The molecule has 0 saturated carbocycles. The van der Waals surface area contributed by atoms with Crippen molar-refractivity contribution in [3.63, 3.8) is 0 Å². The summed E-state index contributed by atoms with van der Waals surface area (Å²) in [4.78, 5) is 25.1. The molecule has 1 atom stereocenters. The first kappa shape index (κ1) is 17.4. The number of rotatable bonds is 7. The van der Waals surface area contributed by atoms with E-state index < -0.39 is 12.0 Å². The first-order valence-corrected chi connectivity index (χ1v) is 7.82. The van der Waals surface area contributed by atoms with E-state index in [1.165, 1.54) is 22.3 Å². The van der Waals surface area contributed by atoms with Gasteiger partial charge in [-0.2, -0.15) is 0 Å². The van der Waals surface area contributed by atoms with Crippen LogP contribution in [0.2, 0.25) is 0 Å². The molecule has 0 fully saturated rings. The number of carboxylic acids is 1. The van der Waals surface area contributed by atoms with E-state index in [0.717, 1.165) is 12.2 Å². The Morgan fingerprint density at radius 1 is 1.33 bits per heavy atom. The third-order valence-electron chi connectivity index (χ3n) is 2.98. The number of thioether (sulfide) groups is 1. The number of benzene rings is 1. The summed E-state index contributed by atoms with van der Waals surface area (Å²) in [6, 6.07) is 7.10. The van der Waals surface area contributed by atoms with E-state index in [1.54, 1.807) is 18.8 Å². The van der Waals surface area contributed by atoms with Gasteiger partial charge in [-0.3, -0.25) is 4.79 Å². The Labute approximate surface area is 129 Å². The Hall–Kier alpha value is -1.69. The highest BCUT2D eigenvalue weighted by Gasteiger charge is 2.16. The van der Waals surface area contributed by atoms with E-state index in [2.05, 4.69) is 36.5 Å². The lowest BCUT2D eigenvalue weighted by atomic mass is 10.2. The molecular formula is C15H22N2O3S. The van der Waals surface area contributed by atoms with Crippen molar-refractivity contribution in [2.75, 3.05) is 19.3 Å². The molecule has 0 saturated heterocycles. The second-order valence-electron chi connectivity index (χ2n) is 4.95. The number of hydrogen-bond acceptors (Lipinski definition) is 3. The van der Waals surface area contributed by atoms with Crippen molar-refractivity contribution in [3.05, 3.63) is 29.8 Å². The molecule has 2 amide bonds. The molecule has 0 heterocycles. The minimum atomic E-state index is -1.04. The lowest BCUT2D eigenvalue weighted by Crippen LogP contribution is -2.45. The molecule has 0 bridgehead atoms. The fourth-order valence-electron chi connectivity index (χ4n) is 1.58. The largest absolute Gasteiger partial charge is 0.480 e.